The number of nitrogens with zero attached hydrogens (tertiary/aromatic N) is 1. The van der Waals surface area contributed by atoms with Crippen molar-refractivity contribution in [1.29, 1.82) is 0 Å². The number of allylic oxidation sites excluding steroid dienone is 2. The molecule has 0 bridgehead atoms. The molecule has 0 saturated heterocycles. The van der Waals surface area contributed by atoms with Crippen molar-refractivity contribution in [2.75, 3.05) is 5.32 Å². The lowest BCUT2D eigenvalue weighted by molar-refractivity contribution is -0.116. The maximum atomic E-state index is 13.6. The molecule has 3 aromatic rings. The van der Waals surface area contributed by atoms with Gasteiger partial charge in [-0.2, -0.15) is 0 Å². The zero-order valence-corrected chi connectivity index (χ0v) is 18.5. The van der Waals surface area contributed by atoms with Crippen LogP contribution in [0.5, 0.6) is 0 Å². The third kappa shape index (κ3) is 3.87. The first-order valence-corrected chi connectivity index (χ1v) is 11.7. The third-order valence-corrected chi connectivity index (χ3v) is 7.05. The number of aromatic amines is 1. The molecule has 0 saturated carbocycles. The van der Waals surface area contributed by atoms with Crippen molar-refractivity contribution in [3.8, 4) is 0 Å². The van der Waals surface area contributed by atoms with Crippen LogP contribution in [0.2, 0.25) is 5.02 Å². The summed E-state index contributed by atoms with van der Waals surface area (Å²) in [6, 6.07) is 13.5. The molecular weight excluding hydrogens is 449 g/mol. The first kappa shape index (κ1) is 21.0. The lowest BCUT2D eigenvalue weighted by atomic mass is 9.76. The number of nitrogens with one attached hydrogen (secondary N) is 2. The van der Waals surface area contributed by atoms with Crippen molar-refractivity contribution in [2.45, 2.75) is 36.1 Å². The van der Waals surface area contributed by atoms with E-state index in [1.165, 1.54) is 23.9 Å². The summed E-state index contributed by atoms with van der Waals surface area (Å²) in [5.74, 6) is 0.0577. The molecule has 0 amide bonds. The average Bonchev–Trinajstić information content (AvgIpc) is 2.78. The number of rotatable bonds is 4. The third-order valence-electron chi connectivity index (χ3n) is 5.76. The highest BCUT2D eigenvalue weighted by Gasteiger charge is 2.37. The number of fused-ring (bicyclic) bond motifs is 1. The average molecular weight is 468 g/mol. The maximum Gasteiger partial charge on any atom is 0.257 e. The number of aromatic nitrogens is 2. The molecule has 32 heavy (non-hydrogen) atoms. The molecule has 2 aliphatic rings. The zero-order valence-electron chi connectivity index (χ0n) is 17.0. The number of benzene rings is 2. The van der Waals surface area contributed by atoms with Gasteiger partial charge in [-0.3, -0.25) is 9.59 Å². The number of hydrogen-bond acceptors (Lipinski definition) is 5. The van der Waals surface area contributed by atoms with Crippen molar-refractivity contribution in [1.82, 2.24) is 9.97 Å². The summed E-state index contributed by atoms with van der Waals surface area (Å²) in [6.07, 6.45) is 1.88. The quantitative estimate of drug-likeness (QED) is 0.396. The highest BCUT2D eigenvalue weighted by molar-refractivity contribution is 7.98. The second kappa shape index (κ2) is 8.56. The summed E-state index contributed by atoms with van der Waals surface area (Å²) in [7, 11) is 0. The van der Waals surface area contributed by atoms with Gasteiger partial charge >= 0.3 is 0 Å². The van der Waals surface area contributed by atoms with Gasteiger partial charge in [0.05, 0.1) is 5.56 Å². The Hall–Kier alpha value is -2.90. The van der Waals surface area contributed by atoms with Crippen LogP contribution in [0.1, 0.15) is 41.9 Å². The molecule has 1 aromatic heterocycles. The van der Waals surface area contributed by atoms with Crippen molar-refractivity contribution < 1.29 is 9.18 Å². The standard InChI is InChI=1S/C24H19ClFN3O2S/c25-16-5-2-1-4-14(16)12-32-24-28-22-21(23(31)29-24)19(13-8-10-15(26)11-9-13)20-17(27-22)6-3-7-18(20)30/h1-2,4-5,8-11,19H,3,6-7,12H2,(H2,27,28,29,31). The fraction of sp³-hybridized carbons (Fsp3) is 0.208. The van der Waals surface area contributed by atoms with Crippen LogP contribution in [0.4, 0.5) is 10.2 Å². The molecular formula is C24H19ClFN3O2S. The molecule has 1 aliphatic heterocycles. The van der Waals surface area contributed by atoms with Gasteiger partial charge in [0, 0.05) is 34.4 Å². The number of halogens is 2. The molecule has 162 valence electrons. The van der Waals surface area contributed by atoms with Crippen LogP contribution < -0.4 is 10.9 Å². The Kier molecular flexibility index (Phi) is 5.61. The number of carbonyl (C=O) groups is 1. The van der Waals surface area contributed by atoms with Crippen molar-refractivity contribution in [2.24, 2.45) is 0 Å². The molecule has 2 heterocycles. The largest absolute Gasteiger partial charge is 0.343 e. The number of ketones is 1. The first-order chi connectivity index (χ1) is 15.5. The smallest absolute Gasteiger partial charge is 0.257 e. The molecule has 0 spiro atoms. The van der Waals surface area contributed by atoms with E-state index in [9.17, 15) is 14.0 Å². The van der Waals surface area contributed by atoms with E-state index in [-0.39, 0.29) is 17.2 Å². The summed E-state index contributed by atoms with van der Waals surface area (Å²) < 4.78 is 13.6. The monoisotopic (exact) mass is 467 g/mol. The molecule has 8 heteroatoms. The minimum atomic E-state index is -0.575. The number of Topliss-reactive ketones (excluding diaryl/α,β-unsaturated/α-hetero) is 1. The van der Waals surface area contributed by atoms with Gasteiger partial charge < -0.3 is 10.3 Å². The first-order valence-electron chi connectivity index (χ1n) is 10.3. The van der Waals surface area contributed by atoms with Gasteiger partial charge in [-0.25, -0.2) is 9.37 Å². The molecule has 0 radical (unpaired) electrons. The summed E-state index contributed by atoms with van der Waals surface area (Å²) in [6.45, 7) is 0. The second-order valence-corrected chi connectivity index (χ2v) is 9.16. The molecule has 2 aromatic carbocycles. The molecule has 5 rings (SSSR count). The van der Waals surface area contributed by atoms with Gasteiger partial charge in [0.15, 0.2) is 10.9 Å². The van der Waals surface area contributed by atoms with Crippen LogP contribution in [-0.4, -0.2) is 15.8 Å². The van der Waals surface area contributed by atoms with Gasteiger partial charge in [-0.15, -0.1) is 0 Å². The normalized spacial score (nSPS) is 17.6. The van der Waals surface area contributed by atoms with Gasteiger partial charge in [-0.1, -0.05) is 53.7 Å². The molecule has 0 fully saturated rings. The van der Waals surface area contributed by atoms with E-state index in [1.54, 1.807) is 12.1 Å². The number of carbonyl (C=O) groups excluding carboxylic acids is 1. The van der Waals surface area contributed by atoms with Crippen LogP contribution >= 0.6 is 23.4 Å². The highest BCUT2D eigenvalue weighted by atomic mass is 35.5. The summed E-state index contributed by atoms with van der Waals surface area (Å²) in [5.41, 5.74) is 3.08. The van der Waals surface area contributed by atoms with Gasteiger partial charge in [0.25, 0.3) is 5.56 Å². The van der Waals surface area contributed by atoms with Gasteiger partial charge in [0.2, 0.25) is 0 Å². The lowest BCUT2D eigenvalue weighted by Crippen LogP contribution is -2.32. The molecule has 1 unspecified atom stereocenters. The van der Waals surface area contributed by atoms with Crippen LogP contribution in [-0.2, 0) is 10.5 Å². The van der Waals surface area contributed by atoms with E-state index < -0.39 is 5.92 Å². The molecule has 1 aliphatic carbocycles. The van der Waals surface area contributed by atoms with Crippen molar-refractivity contribution in [3.63, 3.8) is 0 Å². The number of thioether (sulfide) groups is 1. The van der Waals surface area contributed by atoms with E-state index in [0.29, 0.717) is 51.3 Å². The Morgan fingerprint density at radius 2 is 1.88 bits per heavy atom. The highest BCUT2D eigenvalue weighted by Crippen LogP contribution is 2.43. The van der Waals surface area contributed by atoms with Crippen molar-refractivity contribution in [3.05, 3.63) is 97.7 Å². The lowest BCUT2D eigenvalue weighted by Gasteiger charge is -2.32. The fourth-order valence-electron chi connectivity index (χ4n) is 4.26. The number of hydrogen-bond donors (Lipinski definition) is 2. The van der Waals surface area contributed by atoms with Crippen LogP contribution in [0.3, 0.4) is 0 Å². The summed E-state index contributed by atoms with van der Waals surface area (Å²) in [5, 5.41) is 4.37. The number of anilines is 1. The Bertz CT molecular complexity index is 1300. The zero-order chi connectivity index (χ0) is 22.2. The molecule has 1 atom stereocenters. The predicted molar refractivity (Wildman–Crippen MR) is 124 cm³/mol. The molecule has 5 nitrogen and oxygen atoms in total. The maximum absolute atomic E-state index is 13.6. The van der Waals surface area contributed by atoms with E-state index in [0.717, 1.165) is 17.7 Å². The Morgan fingerprint density at radius 3 is 2.66 bits per heavy atom. The molecule has 2 N–H and O–H groups in total. The van der Waals surface area contributed by atoms with E-state index in [4.69, 9.17) is 11.6 Å². The minimum absolute atomic E-state index is 0.00953. The SMILES string of the molecule is O=C1CCCC2=C1C(c1ccc(F)cc1)c1c(nc(SCc3ccccc3Cl)[nH]c1=O)N2. The minimum Gasteiger partial charge on any atom is -0.343 e. The van der Waals surface area contributed by atoms with Gasteiger partial charge in [0.1, 0.15) is 11.6 Å². The Labute approximate surface area is 193 Å². The topological polar surface area (TPSA) is 74.8 Å². The van der Waals surface area contributed by atoms with Crippen molar-refractivity contribution >= 4 is 35.0 Å². The summed E-state index contributed by atoms with van der Waals surface area (Å²) in [4.78, 5) is 33.6. The van der Waals surface area contributed by atoms with Crippen LogP contribution in [0.25, 0.3) is 0 Å². The summed E-state index contributed by atoms with van der Waals surface area (Å²) >= 11 is 7.62. The fourth-order valence-corrected chi connectivity index (χ4v) is 5.41. The van der Waals surface area contributed by atoms with E-state index in [1.807, 2.05) is 24.3 Å². The number of H-pyrrole nitrogens is 1. The van der Waals surface area contributed by atoms with E-state index in [2.05, 4.69) is 15.3 Å². The van der Waals surface area contributed by atoms with Crippen LogP contribution in [0.15, 0.2) is 69.8 Å². The Balaban J connectivity index is 1.56. The predicted octanol–water partition coefficient (Wildman–Crippen LogP) is 5.42. The Morgan fingerprint density at radius 1 is 1.09 bits per heavy atom. The van der Waals surface area contributed by atoms with Gasteiger partial charge in [-0.05, 0) is 42.2 Å². The van der Waals surface area contributed by atoms with Crippen LogP contribution in [0, 0.1) is 5.82 Å². The second-order valence-electron chi connectivity index (χ2n) is 7.79. The van der Waals surface area contributed by atoms with E-state index >= 15 is 0 Å².